The van der Waals surface area contributed by atoms with Crippen LogP contribution in [0.3, 0.4) is 0 Å². The van der Waals surface area contributed by atoms with Crippen LogP contribution < -0.4 is 10.6 Å². The van der Waals surface area contributed by atoms with E-state index in [0.717, 1.165) is 19.4 Å². The van der Waals surface area contributed by atoms with Gasteiger partial charge in [0, 0.05) is 9.75 Å². The van der Waals surface area contributed by atoms with Crippen LogP contribution in [0.25, 0.3) is 0 Å². The highest BCUT2D eigenvalue weighted by Crippen LogP contribution is 2.21. The first kappa shape index (κ1) is 19.6. The SMILES string of the molecule is Cc1ccc(S(=O)(=O)n2nc(NCc3cccs3)nc2NCc2cccs2)cc1. The summed E-state index contributed by atoms with van der Waals surface area (Å²) in [6.45, 7) is 2.90. The molecule has 0 saturated heterocycles. The molecule has 0 bridgehead atoms. The van der Waals surface area contributed by atoms with Gasteiger partial charge in [0.15, 0.2) is 0 Å². The van der Waals surface area contributed by atoms with E-state index in [2.05, 4.69) is 20.7 Å². The van der Waals surface area contributed by atoms with Crippen molar-refractivity contribution in [2.45, 2.75) is 24.9 Å². The molecule has 29 heavy (non-hydrogen) atoms. The molecule has 7 nitrogen and oxygen atoms in total. The lowest BCUT2D eigenvalue weighted by atomic mass is 10.2. The molecule has 150 valence electrons. The van der Waals surface area contributed by atoms with Gasteiger partial charge in [-0.05, 0) is 41.9 Å². The van der Waals surface area contributed by atoms with Gasteiger partial charge in [-0.1, -0.05) is 29.8 Å². The number of benzene rings is 1. The van der Waals surface area contributed by atoms with Gasteiger partial charge in [-0.2, -0.15) is 13.4 Å². The Morgan fingerprint density at radius 2 is 1.55 bits per heavy atom. The number of nitrogens with zero attached hydrogens (tertiary/aromatic N) is 3. The van der Waals surface area contributed by atoms with Crippen molar-refractivity contribution in [1.82, 2.24) is 14.2 Å². The van der Waals surface area contributed by atoms with E-state index in [1.807, 2.05) is 41.9 Å². The Bertz CT molecular complexity index is 1170. The standard InChI is InChI=1S/C19H19N5O2S3/c1-14-6-8-17(9-7-14)29(25,26)24-19(21-13-16-5-3-11-28-16)22-18(23-24)20-12-15-4-2-10-27-15/h2-11H,12-13H2,1H3,(H2,20,21,22,23). The van der Waals surface area contributed by atoms with Crippen LogP contribution in [0.5, 0.6) is 0 Å². The van der Waals surface area contributed by atoms with Crippen LogP contribution in [0.4, 0.5) is 11.9 Å². The smallest absolute Gasteiger partial charge is 0.286 e. The highest BCUT2D eigenvalue weighted by Gasteiger charge is 2.24. The number of anilines is 2. The molecule has 0 radical (unpaired) electrons. The highest BCUT2D eigenvalue weighted by molar-refractivity contribution is 7.90. The van der Waals surface area contributed by atoms with Crippen LogP contribution in [0.1, 0.15) is 15.3 Å². The summed E-state index contributed by atoms with van der Waals surface area (Å²) < 4.78 is 27.3. The fraction of sp³-hybridized carbons (Fsp3) is 0.158. The fourth-order valence-corrected chi connectivity index (χ4v) is 5.10. The highest BCUT2D eigenvalue weighted by atomic mass is 32.2. The van der Waals surface area contributed by atoms with Crippen LogP contribution >= 0.6 is 22.7 Å². The monoisotopic (exact) mass is 445 g/mol. The van der Waals surface area contributed by atoms with Crippen LogP contribution in [0.2, 0.25) is 0 Å². The number of thiophene rings is 2. The Hall–Kier alpha value is -2.69. The van der Waals surface area contributed by atoms with Crippen molar-refractivity contribution in [3.63, 3.8) is 0 Å². The normalized spacial score (nSPS) is 11.5. The Balaban J connectivity index is 1.64. The van der Waals surface area contributed by atoms with Crippen molar-refractivity contribution in [1.29, 1.82) is 0 Å². The average molecular weight is 446 g/mol. The van der Waals surface area contributed by atoms with E-state index in [0.29, 0.717) is 13.1 Å². The van der Waals surface area contributed by atoms with Crippen LogP contribution in [-0.4, -0.2) is 22.6 Å². The van der Waals surface area contributed by atoms with Gasteiger partial charge >= 0.3 is 0 Å². The lowest BCUT2D eigenvalue weighted by Crippen LogP contribution is -2.18. The van der Waals surface area contributed by atoms with Crippen LogP contribution in [0, 0.1) is 6.92 Å². The molecule has 0 amide bonds. The van der Waals surface area contributed by atoms with Gasteiger partial charge in [-0.25, -0.2) is 0 Å². The first-order valence-corrected chi connectivity index (χ1v) is 12.0. The molecule has 0 aliphatic carbocycles. The zero-order chi connectivity index (χ0) is 20.3. The number of aromatic nitrogens is 3. The van der Waals surface area contributed by atoms with Gasteiger partial charge in [0.25, 0.3) is 10.0 Å². The molecule has 0 fully saturated rings. The minimum Gasteiger partial charge on any atom is -0.349 e. The third kappa shape index (κ3) is 4.50. The molecule has 0 aliphatic heterocycles. The van der Waals surface area contributed by atoms with Gasteiger partial charge in [-0.3, -0.25) is 0 Å². The van der Waals surface area contributed by atoms with Crippen molar-refractivity contribution in [2.24, 2.45) is 0 Å². The summed E-state index contributed by atoms with van der Waals surface area (Å²) in [7, 11) is -3.88. The van der Waals surface area contributed by atoms with Gasteiger partial charge in [0.1, 0.15) is 0 Å². The molecule has 3 heterocycles. The Labute approximate surface area is 177 Å². The van der Waals surface area contributed by atoms with Crippen molar-refractivity contribution in [2.75, 3.05) is 10.6 Å². The largest absolute Gasteiger partial charge is 0.349 e. The topological polar surface area (TPSA) is 88.9 Å². The van der Waals surface area contributed by atoms with Gasteiger partial charge in [0.2, 0.25) is 11.9 Å². The molecule has 4 rings (SSSR count). The van der Waals surface area contributed by atoms with Crippen molar-refractivity contribution in [3.8, 4) is 0 Å². The first-order chi connectivity index (χ1) is 14.0. The minimum atomic E-state index is -3.88. The summed E-state index contributed by atoms with van der Waals surface area (Å²) in [6, 6.07) is 14.6. The molecule has 0 aliphatic rings. The predicted molar refractivity (Wildman–Crippen MR) is 117 cm³/mol. The number of hydrogen-bond donors (Lipinski definition) is 2. The van der Waals surface area contributed by atoms with Crippen LogP contribution in [0.15, 0.2) is 64.2 Å². The number of aryl methyl sites for hydroxylation is 1. The van der Waals surface area contributed by atoms with E-state index >= 15 is 0 Å². The summed E-state index contributed by atoms with van der Waals surface area (Å²) in [6.07, 6.45) is 0. The number of hydrogen-bond acceptors (Lipinski definition) is 8. The molecule has 0 saturated carbocycles. The second-order valence-electron chi connectivity index (χ2n) is 6.29. The summed E-state index contributed by atoms with van der Waals surface area (Å²) in [5, 5.41) is 14.4. The van der Waals surface area contributed by atoms with Crippen LogP contribution in [-0.2, 0) is 23.1 Å². The lowest BCUT2D eigenvalue weighted by molar-refractivity contribution is 0.580. The minimum absolute atomic E-state index is 0.164. The maximum absolute atomic E-state index is 13.2. The number of nitrogens with one attached hydrogen (secondary N) is 2. The number of rotatable bonds is 8. The summed E-state index contributed by atoms with van der Waals surface area (Å²) in [5.41, 5.74) is 0.983. The molecule has 0 spiro atoms. The Kier molecular flexibility index (Phi) is 5.65. The molecule has 0 atom stereocenters. The first-order valence-electron chi connectivity index (χ1n) is 8.84. The van der Waals surface area contributed by atoms with Gasteiger partial charge in [-0.15, -0.1) is 31.9 Å². The predicted octanol–water partition coefficient (Wildman–Crippen LogP) is 4.17. The zero-order valence-electron chi connectivity index (χ0n) is 15.6. The third-order valence-corrected chi connectivity index (χ3v) is 7.46. The van der Waals surface area contributed by atoms with E-state index in [1.165, 1.54) is 0 Å². The average Bonchev–Trinajstić information content (AvgIpc) is 3.47. The van der Waals surface area contributed by atoms with Gasteiger partial charge < -0.3 is 10.6 Å². The lowest BCUT2D eigenvalue weighted by Gasteiger charge is -2.08. The van der Waals surface area contributed by atoms with E-state index < -0.39 is 10.0 Å². The zero-order valence-corrected chi connectivity index (χ0v) is 18.0. The van der Waals surface area contributed by atoms with E-state index in [-0.39, 0.29) is 16.8 Å². The molecule has 0 unspecified atom stereocenters. The van der Waals surface area contributed by atoms with Crippen molar-refractivity contribution < 1.29 is 8.42 Å². The summed E-state index contributed by atoms with van der Waals surface area (Å²) in [5.74, 6) is 0.426. The van der Waals surface area contributed by atoms with E-state index in [9.17, 15) is 8.42 Å². The molecular formula is C19H19N5O2S3. The Morgan fingerprint density at radius 3 is 2.14 bits per heavy atom. The quantitative estimate of drug-likeness (QED) is 0.423. The maximum atomic E-state index is 13.2. The molecular weight excluding hydrogens is 426 g/mol. The Morgan fingerprint density at radius 1 is 0.931 bits per heavy atom. The molecule has 4 aromatic rings. The van der Waals surface area contributed by atoms with Gasteiger partial charge in [0.05, 0.1) is 18.0 Å². The maximum Gasteiger partial charge on any atom is 0.286 e. The fourth-order valence-electron chi connectivity index (χ4n) is 2.62. The second kappa shape index (κ2) is 8.36. The molecule has 2 N–H and O–H groups in total. The summed E-state index contributed by atoms with van der Waals surface area (Å²) >= 11 is 3.19. The molecule has 10 heteroatoms. The molecule has 3 aromatic heterocycles. The van der Waals surface area contributed by atoms with E-state index in [4.69, 9.17) is 0 Å². The van der Waals surface area contributed by atoms with Crippen molar-refractivity contribution in [3.05, 3.63) is 74.6 Å². The van der Waals surface area contributed by atoms with E-state index in [1.54, 1.807) is 46.9 Å². The summed E-state index contributed by atoms with van der Waals surface area (Å²) in [4.78, 5) is 6.72. The van der Waals surface area contributed by atoms with Crippen molar-refractivity contribution >= 4 is 44.6 Å². The molecule has 1 aromatic carbocycles. The third-order valence-electron chi connectivity index (χ3n) is 4.13. The second-order valence-corrected chi connectivity index (χ2v) is 10.1.